The van der Waals surface area contributed by atoms with Gasteiger partial charge in [0.2, 0.25) is 0 Å². The van der Waals surface area contributed by atoms with E-state index >= 15 is 0 Å². The topological polar surface area (TPSA) is 166 Å². The lowest BCUT2D eigenvalue weighted by Gasteiger charge is -2.37. The molecule has 1 atom stereocenters. The number of nitrogens with zero attached hydrogens (tertiary/aromatic N) is 3. The maximum Gasteiger partial charge on any atom is 0.418 e. The first-order valence-electron chi connectivity index (χ1n) is 12.2. The minimum absolute atomic E-state index is 0.0203. The summed E-state index contributed by atoms with van der Waals surface area (Å²) in [5.74, 6) is 4.15. The highest BCUT2D eigenvalue weighted by atomic mass is 32.2. The van der Waals surface area contributed by atoms with Gasteiger partial charge < -0.3 is 15.1 Å². The number of carboxylic acid groups (broad SMARTS) is 1. The largest absolute Gasteiger partial charge is 0.465 e. The number of sulfone groups is 1. The van der Waals surface area contributed by atoms with Gasteiger partial charge in [-0.1, -0.05) is 50.8 Å². The van der Waals surface area contributed by atoms with Gasteiger partial charge in [0, 0.05) is 20.5 Å². The van der Waals surface area contributed by atoms with E-state index in [2.05, 4.69) is 21.2 Å². The Labute approximate surface area is 242 Å². The van der Waals surface area contributed by atoms with Crippen molar-refractivity contribution in [1.29, 1.82) is 0 Å². The number of sulfonamides is 1. The summed E-state index contributed by atoms with van der Waals surface area (Å²) in [6.45, 7) is 4.01. The van der Waals surface area contributed by atoms with Crippen molar-refractivity contribution in [3.05, 3.63) is 47.7 Å². The molecule has 0 bridgehead atoms. The number of anilines is 1. The number of nitrogens with one attached hydrogen (secondary N) is 1. The molecule has 0 fully saturated rings. The number of hydrogen-bond acceptors (Lipinski definition) is 7. The molecule has 1 heterocycles. The molecular weight excluding hydrogens is 601 g/mol. The number of pyridine rings is 1. The SMILES string of the molecule is CCS(=O)(=O)c1cc(C#CCC(O)(CC(C)(C)c2ccccc2S(=O)(=O)N=CN(C)C)C(F)(F)F)c(NC(=O)O)cn1. The second-order valence-electron chi connectivity index (χ2n) is 10.1. The Bertz CT molecular complexity index is 1630. The van der Waals surface area contributed by atoms with Crippen LogP contribution in [0.3, 0.4) is 0 Å². The summed E-state index contributed by atoms with van der Waals surface area (Å²) in [5, 5.41) is 21.4. The molecule has 11 nitrogen and oxygen atoms in total. The van der Waals surface area contributed by atoms with E-state index < -0.39 is 61.0 Å². The van der Waals surface area contributed by atoms with Crippen molar-refractivity contribution in [3.63, 3.8) is 0 Å². The van der Waals surface area contributed by atoms with Crippen molar-refractivity contribution in [2.45, 2.75) is 60.7 Å². The zero-order chi connectivity index (χ0) is 32.1. The van der Waals surface area contributed by atoms with Crippen LogP contribution >= 0.6 is 0 Å². The van der Waals surface area contributed by atoms with Gasteiger partial charge in [-0.3, -0.25) is 5.32 Å². The minimum atomic E-state index is -5.23. The summed E-state index contributed by atoms with van der Waals surface area (Å²) in [4.78, 5) is 15.9. The molecule has 1 unspecified atom stereocenters. The average molecular weight is 633 g/mol. The Morgan fingerprint density at radius 3 is 2.33 bits per heavy atom. The van der Waals surface area contributed by atoms with Crippen LogP contribution in [0.15, 0.2) is 50.8 Å². The standard InChI is InChI=1S/C26H31F3N4O7S2/c1-6-41(37,38)22-14-18(20(15-30-22)32-23(34)35)10-9-13-25(36,26(27,28)29)16-24(2,3)19-11-7-8-12-21(19)42(39,40)31-17-33(4)5/h7-8,11-12,14-15,17,32,36H,6,13,16H2,1-5H3,(H,34,35). The van der Waals surface area contributed by atoms with Crippen LogP contribution in [-0.4, -0.2) is 81.0 Å². The fourth-order valence-corrected chi connectivity index (χ4v) is 6.02. The number of amides is 1. The predicted molar refractivity (Wildman–Crippen MR) is 150 cm³/mol. The van der Waals surface area contributed by atoms with Crippen molar-refractivity contribution in [2.24, 2.45) is 4.40 Å². The molecule has 0 spiro atoms. The van der Waals surface area contributed by atoms with Gasteiger partial charge in [0.15, 0.2) is 20.5 Å². The molecule has 16 heteroatoms. The van der Waals surface area contributed by atoms with Crippen molar-refractivity contribution in [2.75, 3.05) is 25.2 Å². The van der Waals surface area contributed by atoms with E-state index in [1.807, 2.05) is 5.32 Å². The van der Waals surface area contributed by atoms with Crippen LogP contribution in [0.25, 0.3) is 0 Å². The van der Waals surface area contributed by atoms with Crippen LogP contribution in [0.2, 0.25) is 0 Å². The number of carbonyl (C=O) groups is 1. The highest BCUT2D eigenvalue weighted by Gasteiger charge is 2.55. The van der Waals surface area contributed by atoms with E-state index in [1.165, 1.54) is 64.0 Å². The normalized spacial score (nSPS) is 14.1. The second kappa shape index (κ2) is 12.7. The Balaban J connectivity index is 2.57. The van der Waals surface area contributed by atoms with Crippen LogP contribution in [0.1, 0.15) is 44.7 Å². The van der Waals surface area contributed by atoms with Gasteiger partial charge in [-0.05, 0) is 29.5 Å². The highest BCUT2D eigenvalue weighted by molar-refractivity contribution is 7.91. The van der Waals surface area contributed by atoms with Crippen LogP contribution in [-0.2, 0) is 25.3 Å². The molecule has 0 radical (unpaired) electrons. The van der Waals surface area contributed by atoms with Crippen molar-refractivity contribution >= 4 is 38.0 Å². The average Bonchev–Trinajstić information content (AvgIpc) is 2.87. The maximum absolute atomic E-state index is 14.3. The first kappa shape index (κ1) is 34.5. The molecule has 0 aliphatic heterocycles. The van der Waals surface area contributed by atoms with Crippen LogP contribution in [0.4, 0.5) is 23.7 Å². The lowest BCUT2D eigenvalue weighted by Crippen LogP contribution is -2.49. The summed E-state index contributed by atoms with van der Waals surface area (Å²) >= 11 is 0. The Morgan fingerprint density at radius 1 is 1.17 bits per heavy atom. The third-order valence-corrected chi connectivity index (χ3v) is 8.90. The Hall–Kier alpha value is -3.68. The fraction of sp³-hybridized carbons (Fsp3) is 0.423. The van der Waals surface area contributed by atoms with Gasteiger partial charge in [-0.25, -0.2) is 18.2 Å². The molecule has 0 aliphatic rings. The number of aromatic nitrogens is 1. The van der Waals surface area contributed by atoms with E-state index in [4.69, 9.17) is 5.11 Å². The molecule has 42 heavy (non-hydrogen) atoms. The van der Waals surface area contributed by atoms with Crippen molar-refractivity contribution < 1.29 is 45.0 Å². The quantitative estimate of drug-likeness (QED) is 0.201. The molecule has 3 N–H and O–H groups in total. The van der Waals surface area contributed by atoms with E-state index in [9.17, 15) is 39.9 Å². The first-order chi connectivity index (χ1) is 19.1. The number of aliphatic hydroxyl groups is 1. The van der Waals surface area contributed by atoms with Crippen molar-refractivity contribution in [1.82, 2.24) is 9.88 Å². The zero-order valence-corrected chi connectivity index (χ0v) is 25.0. The zero-order valence-electron chi connectivity index (χ0n) is 23.4. The maximum atomic E-state index is 14.3. The van der Waals surface area contributed by atoms with Crippen molar-refractivity contribution in [3.8, 4) is 11.8 Å². The molecule has 2 rings (SSSR count). The number of hydrogen-bond donors (Lipinski definition) is 3. The first-order valence-corrected chi connectivity index (χ1v) is 15.3. The van der Waals surface area contributed by atoms with E-state index in [-0.39, 0.29) is 27.5 Å². The van der Waals surface area contributed by atoms with Gasteiger partial charge in [0.05, 0.1) is 28.1 Å². The summed E-state index contributed by atoms with van der Waals surface area (Å²) < 4.78 is 96.7. The van der Waals surface area contributed by atoms with E-state index in [0.29, 0.717) is 0 Å². The third-order valence-electron chi connectivity index (χ3n) is 6.00. The van der Waals surface area contributed by atoms with Gasteiger partial charge in [-0.15, -0.1) is 4.40 Å². The van der Waals surface area contributed by atoms with Crippen LogP contribution in [0.5, 0.6) is 0 Å². The Morgan fingerprint density at radius 2 is 1.79 bits per heavy atom. The number of benzene rings is 1. The van der Waals surface area contributed by atoms with Gasteiger partial charge >= 0.3 is 12.3 Å². The fourth-order valence-electron chi connectivity index (χ4n) is 3.91. The lowest BCUT2D eigenvalue weighted by molar-refractivity contribution is -0.264. The molecule has 230 valence electrons. The highest BCUT2D eigenvalue weighted by Crippen LogP contribution is 2.44. The molecular formula is C26H31F3N4O7S2. The number of alkyl halides is 3. The third kappa shape index (κ3) is 8.43. The summed E-state index contributed by atoms with van der Waals surface area (Å²) in [6.07, 6.45) is -7.11. The molecule has 0 aliphatic carbocycles. The molecule has 1 aromatic carbocycles. The molecule has 0 saturated heterocycles. The van der Waals surface area contributed by atoms with E-state index in [0.717, 1.165) is 18.6 Å². The molecule has 1 amide bonds. The molecule has 0 saturated carbocycles. The van der Waals surface area contributed by atoms with Crippen LogP contribution < -0.4 is 5.32 Å². The second-order valence-corrected chi connectivity index (χ2v) is 14.0. The molecule has 2 aromatic rings. The summed E-state index contributed by atoms with van der Waals surface area (Å²) in [6, 6.07) is 6.29. The minimum Gasteiger partial charge on any atom is -0.465 e. The Kier molecular flexibility index (Phi) is 10.4. The monoisotopic (exact) mass is 632 g/mol. The number of halogens is 3. The molecule has 1 aromatic heterocycles. The lowest BCUT2D eigenvalue weighted by atomic mass is 9.74. The number of rotatable bonds is 10. The smallest absolute Gasteiger partial charge is 0.418 e. The van der Waals surface area contributed by atoms with Gasteiger partial charge in [-0.2, -0.15) is 21.6 Å². The summed E-state index contributed by atoms with van der Waals surface area (Å²) in [7, 11) is -5.11. The predicted octanol–water partition coefficient (Wildman–Crippen LogP) is 3.65. The van der Waals surface area contributed by atoms with E-state index in [1.54, 1.807) is 0 Å². The summed E-state index contributed by atoms with van der Waals surface area (Å²) in [5.41, 5.74) is -5.62. The van der Waals surface area contributed by atoms with Gasteiger partial charge in [0.25, 0.3) is 10.0 Å². The van der Waals surface area contributed by atoms with Crippen LogP contribution in [0, 0.1) is 11.8 Å². The van der Waals surface area contributed by atoms with Gasteiger partial charge in [0.1, 0.15) is 6.34 Å².